The van der Waals surface area contributed by atoms with E-state index in [1.807, 2.05) is 24.8 Å². The van der Waals surface area contributed by atoms with Gasteiger partial charge >= 0.3 is 6.18 Å². The van der Waals surface area contributed by atoms with Crippen LogP contribution in [-0.2, 0) is 15.8 Å². The summed E-state index contributed by atoms with van der Waals surface area (Å²) in [6.45, 7) is 6.15. The van der Waals surface area contributed by atoms with Crippen LogP contribution in [-0.4, -0.2) is 42.9 Å². The zero-order valence-corrected chi connectivity index (χ0v) is 21.6. The molecular formula is C28H27ClF3N3O3. The second-order valence-electron chi connectivity index (χ2n) is 9.23. The van der Waals surface area contributed by atoms with Gasteiger partial charge in [0.15, 0.2) is 0 Å². The Balaban J connectivity index is 1.43. The molecule has 1 aliphatic heterocycles. The van der Waals surface area contributed by atoms with Crippen molar-refractivity contribution in [3.63, 3.8) is 0 Å². The molecule has 1 saturated heterocycles. The maximum atomic E-state index is 13.0. The lowest BCUT2D eigenvalue weighted by Gasteiger charge is -2.37. The van der Waals surface area contributed by atoms with Gasteiger partial charge in [-0.25, -0.2) is 0 Å². The predicted octanol–water partition coefficient (Wildman–Crippen LogP) is 6.58. The fourth-order valence-corrected chi connectivity index (χ4v) is 4.37. The van der Waals surface area contributed by atoms with E-state index in [0.717, 1.165) is 17.8 Å². The normalized spacial score (nSPS) is 14.4. The summed E-state index contributed by atoms with van der Waals surface area (Å²) in [5, 5.41) is 3.29. The number of piperazine rings is 1. The highest BCUT2D eigenvalue weighted by Crippen LogP contribution is 2.33. The molecule has 0 aliphatic carbocycles. The molecule has 2 aromatic carbocycles. The summed E-state index contributed by atoms with van der Waals surface area (Å²) in [6.07, 6.45) is -1.74. The van der Waals surface area contributed by atoms with Crippen LogP contribution in [0.2, 0.25) is 5.02 Å². The Hall–Kier alpha value is -3.72. The lowest BCUT2D eigenvalue weighted by Crippen LogP contribution is -2.50. The third kappa shape index (κ3) is 6.58. The van der Waals surface area contributed by atoms with Gasteiger partial charge in [0.1, 0.15) is 11.5 Å². The topological polar surface area (TPSA) is 65.8 Å². The lowest BCUT2D eigenvalue weighted by molar-refractivity contribution is -0.137. The van der Waals surface area contributed by atoms with E-state index in [0.29, 0.717) is 42.6 Å². The van der Waals surface area contributed by atoms with Crippen LogP contribution in [0.25, 0.3) is 17.4 Å². The second-order valence-corrected chi connectivity index (χ2v) is 9.67. The van der Waals surface area contributed by atoms with Crippen molar-refractivity contribution in [3.05, 3.63) is 77.0 Å². The van der Waals surface area contributed by atoms with E-state index in [2.05, 4.69) is 10.2 Å². The van der Waals surface area contributed by atoms with Crippen molar-refractivity contribution in [1.29, 1.82) is 0 Å². The van der Waals surface area contributed by atoms with Gasteiger partial charge in [0.2, 0.25) is 11.8 Å². The number of alkyl halides is 3. The molecule has 0 unspecified atom stereocenters. The summed E-state index contributed by atoms with van der Waals surface area (Å²) in [6, 6.07) is 13.2. The zero-order valence-electron chi connectivity index (χ0n) is 20.9. The molecule has 2 amide bonds. The van der Waals surface area contributed by atoms with Gasteiger partial charge in [0, 0.05) is 48.8 Å². The molecule has 0 radical (unpaired) electrons. The SMILES string of the molecule is CC(C)C(=O)N1CCN(c2ccc(Cl)cc2NC(=O)/C=C/c2ccc(-c3cccc(C(F)(F)F)c3)o2)CC1. The standard InChI is InChI=1S/C28H27ClF3N3O3/c1-18(2)27(37)35-14-12-34(13-15-35)24-9-6-21(29)17-23(24)33-26(36)11-8-22-7-10-25(38-22)19-4-3-5-20(16-19)28(30,31)32/h3-11,16-18H,12-15H2,1-2H3,(H,33,36)/b11-8+. The highest BCUT2D eigenvalue weighted by atomic mass is 35.5. The average molecular weight is 546 g/mol. The fraction of sp³-hybridized carbons (Fsp3) is 0.286. The highest BCUT2D eigenvalue weighted by Gasteiger charge is 2.30. The first-order valence-corrected chi connectivity index (χ1v) is 12.5. The van der Waals surface area contributed by atoms with Gasteiger partial charge in [-0.3, -0.25) is 9.59 Å². The molecular weight excluding hydrogens is 519 g/mol. The zero-order chi connectivity index (χ0) is 27.4. The fourth-order valence-electron chi connectivity index (χ4n) is 4.20. The minimum Gasteiger partial charge on any atom is -0.457 e. The molecule has 1 aromatic heterocycles. The first kappa shape index (κ1) is 27.3. The van der Waals surface area contributed by atoms with Crippen molar-refractivity contribution in [3.8, 4) is 11.3 Å². The number of nitrogens with one attached hydrogen (secondary N) is 1. The smallest absolute Gasteiger partial charge is 0.416 e. The summed E-state index contributed by atoms with van der Waals surface area (Å²) < 4.78 is 44.7. The molecule has 1 N–H and O–H groups in total. The Kier molecular flexibility index (Phi) is 8.16. The molecule has 0 saturated carbocycles. The Labute approximate surface area is 223 Å². The minimum absolute atomic E-state index is 0.0611. The van der Waals surface area contributed by atoms with Crippen molar-refractivity contribution < 1.29 is 27.2 Å². The van der Waals surface area contributed by atoms with Gasteiger partial charge in [-0.05, 0) is 48.5 Å². The summed E-state index contributed by atoms with van der Waals surface area (Å²) in [4.78, 5) is 28.9. The number of benzene rings is 2. The van der Waals surface area contributed by atoms with E-state index >= 15 is 0 Å². The number of halogens is 4. The predicted molar refractivity (Wildman–Crippen MR) is 142 cm³/mol. The summed E-state index contributed by atoms with van der Waals surface area (Å²) in [5.74, 6) is 0.190. The van der Waals surface area contributed by atoms with Crippen molar-refractivity contribution in [2.75, 3.05) is 36.4 Å². The minimum atomic E-state index is -4.46. The molecule has 0 atom stereocenters. The molecule has 10 heteroatoms. The largest absolute Gasteiger partial charge is 0.457 e. The van der Waals surface area contributed by atoms with Gasteiger partial charge in [0.25, 0.3) is 0 Å². The van der Waals surface area contributed by atoms with E-state index in [9.17, 15) is 22.8 Å². The van der Waals surface area contributed by atoms with Crippen molar-refractivity contribution in [2.24, 2.45) is 5.92 Å². The van der Waals surface area contributed by atoms with E-state index in [1.165, 1.54) is 24.3 Å². The highest BCUT2D eigenvalue weighted by molar-refractivity contribution is 6.31. The first-order valence-electron chi connectivity index (χ1n) is 12.1. The third-order valence-electron chi connectivity index (χ3n) is 6.14. The van der Waals surface area contributed by atoms with Crippen LogP contribution in [0.3, 0.4) is 0 Å². The molecule has 1 fully saturated rings. The number of furan rings is 1. The molecule has 4 rings (SSSR count). The number of hydrogen-bond donors (Lipinski definition) is 1. The number of nitrogens with zero attached hydrogens (tertiary/aromatic N) is 2. The number of rotatable bonds is 6. The summed E-state index contributed by atoms with van der Waals surface area (Å²) >= 11 is 6.19. The summed E-state index contributed by atoms with van der Waals surface area (Å²) in [5.41, 5.74) is 0.827. The third-order valence-corrected chi connectivity index (χ3v) is 6.38. The summed E-state index contributed by atoms with van der Waals surface area (Å²) in [7, 11) is 0. The Bertz CT molecular complexity index is 1340. The van der Waals surface area contributed by atoms with Crippen LogP contribution >= 0.6 is 11.6 Å². The van der Waals surface area contributed by atoms with E-state index in [-0.39, 0.29) is 23.1 Å². The maximum absolute atomic E-state index is 13.0. The Morgan fingerprint density at radius 1 is 1.03 bits per heavy atom. The molecule has 0 bridgehead atoms. The van der Waals surface area contributed by atoms with Crippen LogP contribution in [0.1, 0.15) is 25.2 Å². The quantitative estimate of drug-likeness (QED) is 0.356. The Morgan fingerprint density at radius 3 is 2.45 bits per heavy atom. The first-order chi connectivity index (χ1) is 18.0. The van der Waals surface area contributed by atoms with Crippen LogP contribution in [0.4, 0.5) is 24.5 Å². The number of carbonyl (C=O) groups excluding carboxylic acids is 2. The van der Waals surface area contributed by atoms with Crippen LogP contribution in [0.5, 0.6) is 0 Å². The molecule has 0 spiro atoms. The monoisotopic (exact) mass is 545 g/mol. The Morgan fingerprint density at radius 2 is 1.76 bits per heavy atom. The maximum Gasteiger partial charge on any atom is 0.416 e. The number of anilines is 2. The molecule has 6 nitrogen and oxygen atoms in total. The molecule has 38 heavy (non-hydrogen) atoms. The van der Waals surface area contributed by atoms with Crippen molar-refractivity contribution in [1.82, 2.24) is 4.90 Å². The molecule has 3 aromatic rings. The van der Waals surface area contributed by atoms with Gasteiger partial charge in [0.05, 0.1) is 16.9 Å². The van der Waals surface area contributed by atoms with Gasteiger partial charge in [-0.1, -0.05) is 37.6 Å². The van der Waals surface area contributed by atoms with Gasteiger partial charge in [-0.2, -0.15) is 13.2 Å². The van der Waals surface area contributed by atoms with Gasteiger partial charge < -0.3 is 19.5 Å². The molecule has 200 valence electrons. The van der Waals surface area contributed by atoms with E-state index in [1.54, 1.807) is 24.3 Å². The second kappa shape index (κ2) is 11.3. The van der Waals surface area contributed by atoms with Crippen LogP contribution < -0.4 is 10.2 Å². The van der Waals surface area contributed by atoms with Crippen LogP contribution in [0.15, 0.2) is 65.1 Å². The van der Waals surface area contributed by atoms with Crippen LogP contribution in [0, 0.1) is 5.92 Å². The number of carbonyl (C=O) groups is 2. The van der Waals surface area contributed by atoms with Crippen molar-refractivity contribution in [2.45, 2.75) is 20.0 Å². The number of amides is 2. The van der Waals surface area contributed by atoms with E-state index in [4.69, 9.17) is 16.0 Å². The van der Waals surface area contributed by atoms with Crippen molar-refractivity contribution >= 4 is 40.9 Å². The number of hydrogen-bond acceptors (Lipinski definition) is 4. The lowest BCUT2D eigenvalue weighted by atomic mass is 10.1. The molecule has 2 heterocycles. The van der Waals surface area contributed by atoms with Gasteiger partial charge in [-0.15, -0.1) is 0 Å². The average Bonchev–Trinajstić information content (AvgIpc) is 3.36. The molecule has 1 aliphatic rings. The van der Waals surface area contributed by atoms with E-state index < -0.39 is 17.6 Å².